The number of aromatic nitrogens is 1. The van der Waals surface area contributed by atoms with E-state index in [-0.39, 0.29) is 23.4 Å². The Kier molecular flexibility index (Phi) is 5.51. The van der Waals surface area contributed by atoms with E-state index >= 15 is 0 Å². The van der Waals surface area contributed by atoms with E-state index in [1.54, 1.807) is 7.11 Å². The molecule has 2 heterocycles. The maximum absolute atomic E-state index is 13.6. The molecule has 2 aromatic rings. The smallest absolute Gasteiger partial charge is 0.271 e. The SMILES string of the molecule is COc1ccc2c(c1O)[C@@]13CCN(C)[C@@H](C2)[C@@H]1Cc1c([nH]c(C(=O)N(C(C)C)C(C)C)c1C)C3. The number of H-pyrrole nitrogens is 1. The third-order valence-corrected chi connectivity index (χ3v) is 8.97. The summed E-state index contributed by atoms with van der Waals surface area (Å²) in [4.78, 5) is 21.7. The molecule has 0 unspecified atom stereocenters. The van der Waals surface area contributed by atoms with E-state index in [9.17, 15) is 9.90 Å². The van der Waals surface area contributed by atoms with Crippen LogP contribution in [-0.2, 0) is 24.7 Å². The first-order valence-corrected chi connectivity index (χ1v) is 12.7. The molecular formula is C28H39N3O3. The second-order valence-electron chi connectivity index (χ2n) is 11.3. The highest BCUT2D eigenvalue weighted by atomic mass is 16.5. The number of piperidine rings is 1. The van der Waals surface area contributed by atoms with Crippen LogP contribution in [0.15, 0.2) is 12.1 Å². The number of phenols is 1. The van der Waals surface area contributed by atoms with Gasteiger partial charge >= 0.3 is 0 Å². The fourth-order valence-electron chi connectivity index (χ4n) is 7.45. The van der Waals surface area contributed by atoms with Crippen molar-refractivity contribution in [2.45, 2.75) is 83.8 Å². The summed E-state index contributed by atoms with van der Waals surface area (Å²) in [6.07, 6.45) is 3.68. The van der Waals surface area contributed by atoms with Crippen molar-refractivity contribution < 1.29 is 14.6 Å². The molecule has 2 bridgehead atoms. The Morgan fingerprint density at radius 3 is 2.59 bits per heavy atom. The Labute approximate surface area is 203 Å². The Morgan fingerprint density at radius 1 is 1.24 bits per heavy atom. The number of fused-ring (bicyclic) bond motifs is 2. The molecule has 2 N–H and O–H groups in total. The third kappa shape index (κ3) is 3.14. The number of methoxy groups -OCH3 is 1. The number of aromatic amines is 1. The van der Waals surface area contributed by atoms with E-state index in [0.29, 0.717) is 23.5 Å². The van der Waals surface area contributed by atoms with Crippen LogP contribution in [-0.4, -0.2) is 64.6 Å². The molecule has 6 heteroatoms. The molecule has 6 nitrogen and oxygen atoms in total. The molecule has 2 aliphatic carbocycles. The van der Waals surface area contributed by atoms with Crippen molar-refractivity contribution in [3.63, 3.8) is 0 Å². The summed E-state index contributed by atoms with van der Waals surface area (Å²) in [6, 6.07) is 4.75. The van der Waals surface area contributed by atoms with Crippen LogP contribution in [0.5, 0.6) is 11.5 Å². The van der Waals surface area contributed by atoms with Gasteiger partial charge in [0, 0.05) is 34.8 Å². The van der Waals surface area contributed by atoms with Crippen molar-refractivity contribution >= 4 is 5.91 Å². The number of likely N-dealkylation sites (N-methyl/N-ethyl adjacent to an activating group) is 1. The molecule has 1 saturated heterocycles. The summed E-state index contributed by atoms with van der Waals surface area (Å²) in [5, 5.41) is 11.3. The quantitative estimate of drug-likeness (QED) is 0.710. The number of hydrogen-bond acceptors (Lipinski definition) is 4. The van der Waals surface area contributed by atoms with Gasteiger partial charge in [-0.25, -0.2) is 0 Å². The average molecular weight is 466 g/mol. The molecule has 0 radical (unpaired) electrons. The van der Waals surface area contributed by atoms with Crippen LogP contribution in [0.2, 0.25) is 0 Å². The van der Waals surface area contributed by atoms with Crippen molar-refractivity contribution in [3.8, 4) is 11.5 Å². The van der Waals surface area contributed by atoms with Crippen LogP contribution < -0.4 is 4.74 Å². The molecule has 3 atom stereocenters. The van der Waals surface area contributed by atoms with Crippen molar-refractivity contribution in [1.29, 1.82) is 0 Å². The maximum atomic E-state index is 13.6. The number of nitrogens with one attached hydrogen (secondary N) is 1. The number of phenolic OH excluding ortho intramolecular Hbond substituents is 1. The number of nitrogens with zero attached hydrogens (tertiary/aromatic N) is 2. The monoisotopic (exact) mass is 465 g/mol. The Hall–Kier alpha value is -2.47. The molecule has 184 valence electrons. The average Bonchev–Trinajstić information content (AvgIpc) is 3.09. The van der Waals surface area contributed by atoms with Gasteiger partial charge in [-0.3, -0.25) is 4.79 Å². The molecule has 1 aromatic carbocycles. The normalized spacial score (nSPS) is 25.7. The zero-order valence-corrected chi connectivity index (χ0v) is 21.7. The number of likely N-dealkylation sites (tertiary alicyclic amines) is 1. The van der Waals surface area contributed by atoms with E-state index in [2.05, 4.69) is 57.6 Å². The van der Waals surface area contributed by atoms with Gasteiger partial charge in [0.2, 0.25) is 0 Å². The van der Waals surface area contributed by atoms with E-state index in [1.807, 2.05) is 11.0 Å². The summed E-state index contributed by atoms with van der Waals surface area (Å²) < 4.78 is 5.52. The lowest BCUT2D eigenvalue weighted by Crippen LogP contribution is -2.61. The number of amides is 1. The van der Waals surface area contributed by atoms with E-state index < -0.39 is 0 Å². The summed E-state index contributed by atoms with van der Waals surface area (Å²) >= 11 is 0. The summed E-state index contributed by atoms with van der Waals surface area (Å²) in [5.41, 5.74) is 6.48. The first kappa shape index (κ1) is 23.3. The molecule has 1 aliphatic heterocycles. The molecule has 0 spiro atoms. The van der Waals surface area contributed by atoms with Crippen molar-refractivity contribution in [1.82, 2.24) is 14.8 Å². The Balaban J connectivity index is 1.64. The predicted molar refractivity (Wildman–Crippen MR) is 134 cm³/mol. The van der Waals surface area contributed by atoms with Gasteiger partial charge in [-0.2, -0.15) is 0 Å². The predicted octanol–water partition coefficient (Wildman–Crippen LogP) is 4.21. The molecule has 0 saturated carbocycles. The number of ether oxygens (including phenoxy) is 1. The molecule has 5 rings (SSSR count). The topological polar surface area (TPSA) is 68.8 Å². The highest BCUT2D eigenvalue weighted by Crippen LogP contribution is 2.58. The highest BCUT2D eigenvalue weighted by Gasteiger charge is 2.56. The van der Waals surface area contributed by atoms with Crippen LogP contribution in [0.25, 0.3) is 0 Å². The van der Waals surface area contributed by atoms with Gasteiger partial charge in [-0.1, -0.05) is 6.07 Å². The number of rotatable bonds is 4. The summed E-state index contributed by atoms with van der Waals surface area (Å²) in [7, 11) is 3.86. The van der Waals surface area contributed by atoms with Gasteiger partial charge in [0.05, 0.1) is 7.11 Å². The minimum absolute atomic E-state index is 0.0855. The fraction of sp³-hybridized carbons (Fsp3) is 0.607. The van der Waals surface area contributed by atoms with Gasteiger partial charge in [-0.15, -0.1) is 0 Å². The van der Waals surface area contributed by atoms with Gasteiger partial charge in [0.15, 0.2) is 11.5 Å². The standard InChI is InChI=1S/C28H39N3O3/c1-15(2)31(16(3)4)27(33)25-17(5)19-13-20-22-12-18-8-9-23(34-7)26(32)24(18)28(20,10-11-30(22)6)14-21(19)29-25/h8-9,15-16,20,22,29,32H,10-14H2,1-7H3/t20-,22-,28+/m0/s1. The lowest BCUT2D eigenvalue weighted by molar-refractivity contribution is 0.0221. The van der Waals surface area contributed by atoms with Crippen LogP contribution in [0, 0.1) is 12.8 Å². The largest absolute Gasteiger partial charge is 0.504 e. The molecule has 1 aromatic heterocycles. The minimum atomic E-state index is -0.149. The second kappa shape index (κ2) is 8.04. The van der Waals surface area contributed by atoms with Gasteiger partial charge in [0.25, 0.3) is 5.91 Å². The number of carbonyl (C=O) groups is 1. The number of hydrogen-bond donors (Lipinski definition) is 2. The number of benzene rings is 1. The van der Waals surface area contributed by atoms with E-state index in [0.717, 1.165) is 49.0 Å². The lowest BCUT2D eigenvalue weighted by atomic mass is 9.52. The van der Waals surface area contributed by atoms with Crippen LogP contribution in [0.4, 0.5) is 0 Å². The van der Waals surface area contributed by atoms with Crippen LogP contribution in [0.3, 0.4) is 0 Å². The number of aromatic hydroxyl groups is 1. The van der Waals surface area contributed by atoms with Crippen LogP contribution in [0.1, 0.15) is 72.6 Å². The Bertz CT molecular complexity index is 1130. The lowest BCUT2D eigenvalue weighted by Gasteiger charge is -2.58. The minimum Gasteiger partial charge on any atom is -0.504 e. The third-order valence-electron chi connectivity index (χ3n) is 8.97. The zero-order chi connectivity index (χ0) is 24.5. The van der Waals surface area contributed by atoms with E-state index in [1.165, 1.54) is 16.8 Å². The highest BCUT2D eigenvalue weighted by molar-refractivity contribution is 5.95. The van der Waals surface area contributed by atoms with Crippen molar-refractivity contribution in [2.75, 3.05) is 20.7 Å². The zero-order valence-electron chi connectivity index (χ0n) is 21.7. The first-order chi connectivity index (χ1) is 16.1. The van der Waals surface area contributed by atoms with Gasteiger partial charge < -0.3 is 24.6 Å². The molecule has 3 aliphatic rings. The first-order valence-electron chi connectivity index (χ1n) is 12.7. The molecule has 1 fully saturated rings. The second-order valence-corrected chi connectivity index (χ2v) is 11.3. The summed E-state index contributed by atoms with van der Waals surface area (Å²) in [6.45, 7) is 11.4. The van der Waals surface area contributed by atoms with Gasteiger partial charge in [-0.05, 0) is 103 Å². The van der Waals surface area contributed by atoms with E-state index in [4.69, 9.17) is 4.74 Å². The maximum Gasteiger partial charge on any atom is 0.271 e. The Morgan fingerprint density at radius 2 is 1.94 bits per heavy atom. The molecule has 34 heavy (non-hydrogen) atoms. The number of carbonyl (C=O) groups excluding carboxylic acids is 1. The fourth-order valence-corrected chi connectivity index (χ4v) is 7.45. The van der Waals surface area contributed by atoms with Crippen LogP contribution >= 0.6 is 0 Å². The van der Waals surface area contributed by atoms with Gasteiger partial charge in [0.1, 0.15) is 5.69 Å². The van der Waals surface area contributed by atoms with Crippen molar-refractivity contribution in [3.05, 3.63) is 45.8 Å². The summed E-state index contributed by atoms with van der Waals surface area (Å²) in [5.74, 6) is 1.34. The molecular weight excluding hydrogens is 426 g/mol. The molecule has 1 amide bonds. The van der Waals surface area contributed by atoms with Crippen molar-refractivity contribution in [2.24, 2.45) is 5.92 Å².